The number of alkyl halides is 3. The first-order chi connectivity index (χ1) is 12.6. The molecule has 1 aromatic heterocycles. The molecule has 6 nitrogen and oxygen atoms in total. The smallest absolute Gasteiger partial charge is 0.475 e. The van der Waals surface area contributed by atoms with E-state index in [1.165, 1.54) is 5.56 Å². The van der Waals surface area contributed by atoms with Crippen molar-refractivity contribution in [1.82, 2.24) is 9.97 Å². The summed E-state index contributed by atoms with van der Waals surface area (Å²) in [5.74, 6) is -2.26. The number of benzene rings is 1. The second-order valence-corrected chi connectivity index (χ2v) is 6.96. The number of carbonyl (C=O) groups is 1. The van der Waals surface area contributed by atoms with Crippen LogP contribution in [0.4, 0.5) is 19.1 Å². The summed E-state index contributed by atoms with van der Waals surface area (Å²) in [6.07, 6.45) is -1.31. The van der Waals surface area contributed by atoms with Gasteiger partial charge in [0, 0.05) is 16.0 Å². The molecule has 10 heteroatoms. The third kappa shape index (κ3) is 5.81. The number of nitrogens with two attached hydrogens (primary N) is 1. The van der Waals surface area contributed by atoms with Crippen LogP contribution in [-0.2, 0) is 17.6 Å². The van der Waals surface area contributed by atoms with Crippen molar-refractivity contribution in [3.63, 3.8) is 0 Å². The van der Waals surface area contributed by atoms with E-state index in [0.717, 1.165) is 41.4 Å². The minimum atomic E-state index is -5.08. The van der Waals surface area contributed by atoms with Crippen LogP contribution in [0.25, 0.3) is 0 Å². The lowest BCUT2D eigenvalue weighted by Gasteiger charge is -2.24. The van der Waals surface area contributed by atoms with Gasteiger partial charge in [0.05, 0.1) is 5.69 Å². The van der Waals surface area contributed by atoms with E-state index in [1.54, 1.807) is 0 Å². The Kier molecular flexibility index (Phi) is 6.63. The molecule has 3 rings (SSSR count). The molecule has 4 N–H and O–H groups in total. The number of anilines is 1. The summed E-state index contributed by atoms with van der Waals surface area (Å²) in [7, 11) is 0. The minimum Gasteiger partial charge on any atom is -0.475 e. The number of aliphatic carboxylic acids is 1. The monoisotopic (exact) mass is 447 g/mol. The van der Waals surface area contributed by atoms with Gasteiger partial charge in [0.2, 0.25) is 5.95 Å². The molecule has 1 aliphatic carbocycles. The number of carboxylic acids is 1. The summed E-state index contributed by atoms with van der Waals surface area (Å²) in [4.78, 5) is 27.8. The Labute approximate surface area is 160 Å². The second kappa shape index (κ2) is 8.55. The molecule has 0 saturated carbocycles. The molecule has 0 saturated heterocycles. The molecule has 1 aromatic carbocycles. The molecule has 0 bridgehead atoms. The van der Waals surface area contributed by atoms with Crippen LogP contribution in [-0.4, -0.2) is 27.2 Å². The number of nitrogens with one attached hydrogen (secondary N) is 1. The highest BCUT2D eigenvalue weighted by atomic mass is 79.9. The van der Waals surface area contributed by atoms with Crippen molar-refractivity contribution in [2.24, 2.45) is 0 Å². The van der Waals surface area contributed by atoms with E-state index in [4.69, 9.17) is 15.6 Å². The fraction of sp³-hybridized carbons (Fsp3) is 0.353. The first-order valence-corrected chi connectivity index (χ1v) is 8.80. The van der Waals surface area contributed by atoms with E-state index in [-0.39, 0.29) is 17.4 Å². The maximum atomic E-state index is 12.0. The molecule has 0 aliphatic heterocycles. The van der Waals surface area contributed by atoms with Gasteiger partial charge in [-0.1, -0.05) is 28.1 Å². The molecule has 1 aliphatic rings. The summed E-state index contributed by atoms with van der Waals surface area (Å²) in [6, 6.07) is 8.27. The van der Waals surface area contributed by atoms with Gasteiger partial charge in [-0.15, -0.1) is 0 Å². The molecular formula is C17H17BrF3N3O3. The van der Waals surface area contributed by atoms with Gasteiger partial charge in [-0.2, -0.15) is 13.2 Å². The van der Waals surface area contributed by atoms with Gasteiger partial charge in [0.15, 0.2) is 0 Å². The van der Waals surface area contributed by atoms with Gasteiger partial charge >= 0.3 is 12.1 Å². The van der Waals surface area contributed by atoms with Crippen LogP contribution in [0.3, 0.4) is 0 Å². The number of aromatic amines is 1. The lowest BCUT2D eigenvalue weighted by Crippen LogP contribution is -2.25. The zero-order valence-electron chi connectivity index (χ0n) is 14.0. The molecule has 27 heavy (non-hydrogen) atoms. The van der Waals surface area contributed by atoms with Gasteiger partial charge in [-0.25, -0.2) is 9.78 Å². The van der Waals surface area contributed by atoms with Crippen molar-refractivity contribution in [1.29, 1.82) is 0 Å². The number of hydrogen-bond donors (Lipinski definition) is 3. The number of hydrogen-bond acceptors (Lipinski definition) is 4. The highest BCUT2D eigenvalue weighted by Gasteiger charge is 2.38. The molecule has 1 heterocycles. The fourth-order valence-electron chi connectivity index (χ4n) is 2.92. The van der Waals surface area contributed by atoms with Crippen molar-refractivity contribution >= 4 is 27.8 Å². The third-order valence-corrected chi connectivity index (χ3v) is 4.54. The number of H-pyrrole nitrogens is 1. The summed E-state index contributed by atoms with van der Waals surface area (Å²) in [5.41, 5.74) is 8.56. The van der Waals surface area contributed by atoms with E-state index < -0.39 is 12.1 Å². The SMILES string of the molecule is Nc1nc2c(c(=O)[nH]1)CCCC2Cc1cccc(Br)c1.O=C(O)C(F)(F)F. The average molecular weight is 448 g/mol. The highest BCUT2D eigenvalue weighted by Crippen LogP contribution is 2.32. The number of fused-ring (bicyclic) bond motifs is 1. The van der Waals surface area contributed by atoms with Crippen molar-refractivity contribution in [3.05, 3.63) is 55.9 Å². The Bertz CT molecular complexity index is 884. The normalized spacial score (nSPS) is 16.1. The quantitative estimate of drug-likeness (QED) is 0.653. The molecule has 0 fully saturated rings. The second-order valence-electron chi connectivity index (χ2n) is 6.04. The Balaban J connectivity index is 0.000000321. The Morgan fingerprint density at radius 1 is 1.41 bits per heavy atom. The van der Waals surface area contributed by atoms with E-state index in [1.807, 2.05) is 12.1 Å². The van der Waals surface area contributed by atoms with Crippen LogP contribution in [0, 0.1) is 0 Å². The van der Waals surface area contributed by atoms with E-state index in [2.05, 4.69) is 38.0 Å². The molecular weight excluding hydrogens is 431 g/mol. The summed E-state index contributed by atoms with van der Waals surface area (Å²) in [6.45, 7) is 0. The van der Waals surface area contributed by atoms with Crippen molar-refractivity contribution in [3.8, 4) is 0 Å². The standard InChI is InChI=1S/C15H16BrN3O.C2HF3O2/c16-11-5-1-3-9(8-11)7-10-4-2-6-12-13(10)18-15(17)19-14(12)20;3-2(4,5)1(6)7/h1,3,5,8,10H,2,4,6-7H2,(H3,17,18,19,20);(H,6,7). The molecule has 1 atom stereocenters. The van der Waals surface area contributed by atoms with Crippen molar-refractivity contribution < 1.29 is 23.1 Å². The van der Waals surface area contributed by atoms with Crippen LogP contribution in [0.15, 0.2) is 33.5 Å². The molecule has 0 amide bonds. The minimum absolute atomic E-state index is 0.0774. The number of halogens is 4. The first-order valence-electron chi connectivity index (χ1n) is 8.01. The number of carboxylic acid groups (broad SMARTS) is 1. The van der Waals surface area contributed by atoms with Crippen molar-refractivity contribution in [2.75, 3.05) is 5.73 Å². The number of rotatable bonds is 2. The Hall–Kier alpha value is -2.36. The maximum Gasteiger partial charge on any atom is 0.490 e. The molecule has 0 spiro atoms. The van der Waals surface area contributed by atoms with Crippen LogP contribution < -0.4 is 11.3 Å². The topological polar surface area (TPSA) is 109 Å². The Morgan fingerprint density at radius 2 is 2.07 bits per heavy atom. The number of nitrogens with zero attached hydrogens (tertiary/aromatic N) is 1. The summed E-state index contributed by atoms with van der Waals surface area (Å²) < 4.78 is 32.8. The molecule has 1 unspecified atom stereocenters. The predicted molar refractivity (Wildman–Crippen MR) is 96.5 cm³/mol. The molecule has 146 valence electrons. The lowest BCUT2D eigenvalue weighted by atomic mass is 9.83. The maximum absolute atomic E-state index is 12.0. The van der Waals surface area contributed by atoms with Crippen LogP contribution in [0.1, 0.15) is 35.6 Å². The summed E-state index contributed by atoms with van der Waals surface area (Å²) >= 11 is 3.49. The van der Waals surface area contributed by atoms with Gasteiger partial charge in [-0.05, 0) is 43.4 Å². The van der Waals surface area contributed by atoms with Crippen LogP contribution in [0.2, 0.25) is 0 Å². The fourth-order valence-corrected chi connectivity index (χ4v) is 3.37. The van der Waals surface area contributed by atoms with E-state index >= 15 is 0 Å². The number of aromatic nitrogens is 2. The summed E-state index contributed by atoms with van der Waals surface area (Å²) in [5, 5.41) is 7.12. The largest absolute Gasteiger partial charge is 0.490 e. The molecule has 2 aromatic rings. The molecule has 0 radical (unpaired) electrons. The average Bonchev–Trinajstić information content (AvgIpc) is 2.55. The van der Waals surface area contributed by atoms with Crippen LogP contribution in [0.5, 0.6) is 0 Å². The zero-order valence-corrected chi connectivity index (χ0v) is 15.6. The van der Waals surface area contributed by atoms with Gasteiger partial charge < -0.3 is 10.8 Å². The number of nitrogen functional groups attached to an aromatic ring is 1. The first kappa shape index (κ1) is 20.9. The van der Waals surface area contributed by atoms with Gasteiger partial charge in [0.25, 0.3) is 5.56 Å². The van der Waals surface area contributed by atoms with Crippen molar-refractivity contribution in [2.45, 2.75) is 37.8 Å². The predicted octanol–water partition coefficient (Wildman–Crippen LogP) is 3.41. The van der Waals surface area contributed by atoms with Gasteiger partial charge in [-0.3, -0.25) is 9.78 Å². The van der Waals surface area contributed by atoms with E-state index in [9.17, 15) is 18.0 Å². The Morgan fingerprint density at radius 3 is 2.67 bits per heavy atom. The highest BCUT2D eigenvalue weighted by molar-refractivity contribution is 9.10. The van der Waals surface area contributed by atoms with Gasteiger partial charge in [0.1, 0.15) is 0 Å². The lowest BCUT2D eigenvalue weighted by molar-refractivity contribution is -0.192. The van der Waals surface area contributed by atoms with Crippen LogP contribution >= 0.6 is 15.9 Å². The zero-order chi connectivity index (χ0) is 20.2. The third-order valence-electron chi connectivity index (χ3n) is 4.05. The van der Waals surface area contributed by atoms with E-state index in [0.29, 0.717) is 0 Å².